The van der Waals surface area contributed by atoms with Crippen molar-refractivity contribution in [1.29, 1.82) is 0 Å². The predicted octanol–water partition coefficient (Wildman–Crippen LogP) is 3.29. The minimum Gasteiger partial charge on any atom is -0.466 e. The monoisotopic (exact) mass is 318 g/mol. The second kappa shape index (κ2) is 6.77. The number of carbonyl (C=O) groups excluding carboxylic acids is 2. The van der Waals surface area contributed by atoms with Crippen molar-refractivity contribution in [2.75, 3.05) is 14.2 Å². The molecule has 1 aromatic rings. The number of methoxy groups -OCH3 is 2. The lowest BCUT2D eigenvalue weighted by Crippen LogP contribution is -2.26. The maximum atomic E-state index is 13.7. The number of benzene rings is 1. The Balaban J connectivity index is 2.69. The van der Waals surface area contributed by atoms with E-state index in [2.05, 4.69) is 0 Å². The van der Waals surface area contributed by atoms with Crippen LogP contribution in [0.4, 0.5) is 4.39 Å². The van der Waals surface area contributed by atoms with Crippen molar-refractivity contribution in [3.8, 4) is 0 Å². The van der Waals surface area contributed by atoms with Crippen molar-refractivity contribution in [2.24, 2.45) is 0 Å². The lowest BCUT2D eigenvalue weighted by molar-refractivity contribution is -0.137. The van der Waals surface area contributed by atoms with E-state index in [4.69, 9.17) is 9.47 Å². The van der Waals surface area contributed by atoms with Gasteiger partial charge < -0.3 is 9.47 Å². The van der Waals surface area contributed by atoms with Gasteiger partial charge in [0.1, 0.15) is 5.82 Å². The van der Waals surface area contributed by atoms with Gasteiger partial charge in [-0.25, -0.2) is 14.0 Å². The molecule has 2 rings (SSSR count). The molecule has 0 heterocycles. The number of hydrogen-bond donors (Lipinski definition) is 0. The summed E-state index contributed by atoms with van der Waals surface area (Å²) < 4.78 is 23.4. The first-order valence-electron chi connectivity index (χ1n) is 7.22. The van der Waals surface area contributed by atoms with Gasteiger partial charge in [0.25, 0.3) is 0 Å². The fourth-order valence-corrected chi connectivity index (χ4v) is 3.05. The van der Waals surface area contributed by atoms with E-state index in [1.54, 1.807) is 12.1 Å². The minimum atomic E-state index is -0.695. The first-order valence-corrected chi connectivity index (χ1v) is 7.22. The Kier molecular flexibility index (Phi) is 4.98. The summed E-state index contributed by atoms with van der Waals surface area (Å²) in [6.07, 6.45) is 0.473. The molecule has 0 unspecified atom stereocenters. The van der Waals surface area contributed by atoms with Crippen molar-refractivity contribution in [1.82, 2.24) is 0 Å². The van der Waals surface area contributed by atoms with Gasteiger partial charge in [-0.05, 0) is 38.0 Å². The number of hydrogen-bond acceptors (Lipinski definition) is 4. The van der Waals surface area contributed by atoms with Gasteiger partial charge in [-0.1, -0.05) is 23.3 Å². The van der Waals surface area contributed by atoms with Gasteiger partial charge in [0, 0.05) is 17.1 Å². The normalized spacial score (nSPS) is 15.7. The van der Waals surface area contributed by atoms with Gasteiger partial charge in [0.05, 0.1) is 14.2 Å². The molecule has 23 heavy (non-hydrogen) atoms. The number of halogens is 1. The number of carbonyl (C=O) groups is 2. The molecule has 122 valence electrons. The van der Waals surface area contributed by atoms with E-state index in [0.29, 0.717) is 23.1 Å². The largest absolute Gasteiger partial charge is 0.466 e. The highest BCUT2D eigenvalue weighted by Crippen LogP contribution is 2.42. The summed E-state index contributed by atoms with van der Waals surface area (Å²) >= 11 is 0. The van der Waals surface area contributed by atoms with Crippen LogP contribution in [0.15, 0.2) is 46.6 Å². The van der Waals surface area contributed by atoms with Gasteiger partial charge in [0.2, 0.25) is 0 Å². The van der Waals surface area contributed by atoms with E-state index in [0.717, 1.165) is 11.1 Å². The van der Waals surface area contributed by atoms with Crippen molar-refractivity contribution < 1.29 is 23.5 Å². The van der Waals surface area contributed by atoms with E-state index < -0.39 is 23.7 Å². The second-order valence-corrected chi connectivity index (χ2v) is 5.54. The van der Waals surface area contributed by atoms with E-state index in [9.17, 15) is 14.0 Å². The molecule has 0 fully saturated rings. The molecule has 1 aromatic carbocycles. The summed E-state index contributed by atoms with van der Waals surface area (Å²) in [4.78, 5) is 24.5. The van der Waals surface area contributed by atoms with Crippen molar-refractivity contribution in [2.45, 2.75) is 26.2 Å². The molecule has 4 nitrogen and oxygen atoms in total. The Bertz CT molecular complexity index is 677. The van der Waals surface area contributed by atoms with Crippen LogP contribution in [0.3, 0.4) is 0 Å². The molecular weight excluding hydrogens is 299 g/mol. The molecule has 0 amide bonds. The fourth-order valence-electron chi connectivity index (χ4n) is 3.05. The van der Waals surface area contributed by atoms with Gasteiger partial charge >= 0.3 is 11.9 Å². The smallest absolute Gasteiger partial charge is 0.334 e. The van der Waals surface area contributed by atoms with Gasteiger partial charge in [-0.2, -0.15) is 0 Å². The topological polar surface area (TPSA) is 52.6 Å². The van der Waals surface area contributed by atoms with Crippen LogP contribution in [0.25, 0.3) is 0 Å². The predicted molar refractivity (Wildman–Crippen MR) is 83.2 cm³/mol. The summed E-state index contributed by atoms with van der Waals surface area (Å²) in [6, 6.07) is 5.87. The van der Waals surface area contributed by atoms with Gasteiger partial charge in [-0.15, -0.1) is 0 Å². The third-order valence-electron chi connectivity index (χ3n) is 4.02. The lowest BCUT2D eigenvalue weighted by Gasteiger charge is -2.29. The van der Waals surface area contributed by atoms with Crippen LogP contribution in [-0.4, -0.2) is 26.2 Å². The third kappa shape index (κ3) is 3.18. The average Bonchev–Trinajstić information content (AvgIpc) is 2.52. The van der Waals surface area contributed by atoms with E-state index in [1.807, 2.05) is 13.8 Å². The summed E-state index contributed by atoms with van der Waals surface area (Å²) in [5.41, 5.74) is 2.85. The zero-order chi connectivity index (χ0) is 17.1. The van der Waals surface area contributed by atoms with E-state index in [-0.39, 0.29) is 0 Å². The lowest BCUT2D eigenvalue weighted by atomic mass is 9.75. The summed E-state index contributed by atoms with van der Waals surface area (Å²) in [6.45, 7) is 3.63. The molecule has 0 N–H and O–H groups in total. The van der Waals surface area contributed by atoms with Crippen molar-refractivity contribution >= 4 is 11.9 Å². The first kappa shape index (κ1) is 16.9. The Morgan fingerprint density at radius 1 is 1.04 bits per heavy atom. The van der Waals surface area contributed by atoms with Gasteiger partial charge in [-0.3, -0.25) is 0 Å². The van der Waals surface area contributed by atoms with Crippen LogP contribution in [0, 0.1) is 5.82 Å². The van der Waals surface area contributed by atoms with Crippen LogP contribution < -0.4 is 0 Å². The van der Waals surface area contributed by atoms with Crippen LogP contribution in [-0.2, 0) is 19.1 Å². The standard InChI is InChI=1S/C18H19FO4/c1-10-8-11(2)15(18(21)23-4)16(14(10)17(20)22-3)12-6-5-7-13(19)9-12/h5-7,9,16H,8H2,1-4H3. The Morgan fingerprint density at radius 3 is 2.00 bits per heavy atom. The number of ether oxygens (including phenoxy) is 2. The summed E-state index contributed by atoms with van der Waals surface area (Å²) in [7, 11) is 2.57. The Labute approximate surface area is 134 Å². The molecule has 1 aliphatic carbocycles. The molecule has 0 bridgehead atoms. The Hall–Kier alpha value is -2.43. The number of esters is 2. The van der Waals surface area contributed by atoms with E-state index >= 15 is 0 Å². The fraction of sp³-hybridized carbons (Fsp3) is 0.333. The van der Waals surface area contributed by atoms with Gasteiger partial charge in [0.15, 0.2) is 0 Å². The number of rotatable bonds is 3. The molecule has 0 aromatic heterocycles. The zero-order valence-corrected chi connectivity index (χ0v) is 13.6. The second-order valence-electron chi connectivity index (χ2n) is 5.54. The van der Waals surface area contributed by atoms with Crippen LogP contribution in [0.2, 0.25) is 0 Å². The molecule has 1 aliphatic rings. The zero-order valence-electron chi connectivity index (χ0n) is 13.6. The summed E-state index contributed by atoms with van der Waals surface area (Å²) in [5.74, 6) is -2.17. The van der Waals surface area contributed by atoms with Crippen molar-refractivity contribution in [3.63, 3.8) is 0 Å². The molecule has 0 saturated heterocycles. The van der Waals surface area contributed by atoms with Crippen LogP contribution in [0.1, 0.15) is 31.7 Å². The minimum absolute atomic E-state index is 0.365. The molecular formula is C18H19FO4. The maximum Gasteiger partial charge on any atom is 0.334 e. The highest BCUT2D eigenvalue weighted by molar-refractivity contribution is 6.00. The SMILES string of the molecule is COC(=O)C1=C(C)CC(C)=C(C(=O)OC)C1c1cccc(F)c1. The van der Waals surface area contributed by atoms with Crippen molar-refractivity contribution in [3.05, 3.63) is 57.9 Å². The quantitative estimate of drug-likeness (QED) is 0.803. The molecule has 0 atom stereocenters. The molecule has 0 spiro atoms. The first-order chi connectivity index (χ1) is 10.9. The molecule has 0 saturated carbocycles. The highest BCUT2D eigenvalue weighted by atomic mass is 19.1. The highest BCUT2D eigenvalue weighted by Gasteiger charge is 2.37. The molecule has 5 heteroatoms. The average molecular weight is 318 g/mol. The van der Waals surface area contributed by atoms with Crippen LogP contribution >= 0.6 is 0 Å². The molecule has 0 radical (unpaired) electrons. The summed E-state index contributed by atoms with van der Waals surface area (Å²) in [5, 5.41) is 0. The molecule has 0 aliphatic heterocycles. The number of allylic oxidation sites excluding steroid dienone is 2. The Morgan fingerprint density at radius 2 is 1.57 bits per heavy atom. The van der Waals surface area contributed by atoms with E-state index in [1.165, 1.54) is 26.4 Å². The van der Waals surface area contributed by atoms with Crippen LogP contribution in [0.5, 0.6) is 0 Å². The third-order valence-corrected chi connectivity index (χ3v) is 4.02. The maximum absolute atomic E-state index is 13.7.